The van der Waals surface area contributed by atoms with Crippen LogP contribution in [0.15, 0.2) is 120 Å². The first kappa shape index (κ1) is 26.4. The third-order valence-corrected chi connectivity index (χ3v) is 12.2. The summed E-state index contributed by atoms with van der Waals surface area (Å²) in [6, 6.07) is 36.3. The average molecular weight is 543 g/mol. The molecule has 8 heteroatoms. The Morgan fingerprint density at radius 3 is 1.74 bits per heavy atom. The predicted octanol–water partition coefficient (Wildman–Crippen LogP) is 3.61. The van der Waals surface area contributed by atoms with Gasteiger partial charge in [-0.05, 0) is 0 Å². The molecule has 0 amide bonds. The summed E-state index contributed by atoms with van der Waals surface area (Å²) in [6.45, 7) is -4.13. The summed E-state index contributed by atoms with van der Waals surface area (Å²) >= 11 is 0. The minimum absolute atomic E-state index is 0.210. The van der Waals surface area contributed by atoms with Crippen LogP contribution in [0.2, 0.25) is 0 Å². The molecular weight excluding hydrogens is 508 g/mol. The Bertz CT molecular complexity index is 1370. The topological polar surface area (TPSA) is 74.7 Å². The summed E-state index contributed by atoms with van der Waals surface area (Å²) in [5.74, 6) is 1.78. The van der Waals surface area contributed by atoms with Gasteiger partial charge in [-0.15, -0.1) is 0 Å². The number of guanidine groups is 2. The van der Waals surface area contributed by atoms with Crippen molar-refractivity contribution in [3.8, 4) is 5.75 Å². The monoisotopic (exact) mass is 542 g/mol. The molecule has 4 aromatic carbocycles. The molecule has 5 rings (SSSR count). The minimum atomic E-state index is -4.34. The van der Waals surface area contributed by atoms with E-state index in [0.717, 1.165) is 11.5 Å². The van der Waals surface area contributed by atoms with Crippen molar-refractivity contribution in [2.75, 3.05) is 26.9 Å². The van der Waals surface area contributed by atoms with Crippen molar-refractivity contribution < 1.29 is 13.5 Å². The number of nitrogens with one attached hydrogen (secondary N) is 2. The molecule has 1 atom stereocenters. The van der Waals surface area contributed by atoms with Crippen LogP contribution in [0.3, 0.4) is 0 Å². The van der Waals surface area contributed by atoms with Gasteiger partial charge in [0.2, 0.25) is 0 Å². The van der Waals surface area contributed by atoms with Crippen LogP contribution in [0.1, 0.15) is 11.7 Å². The predicted molar refractivity (Wildman–Crippen MR) is 161 cm³/mol. The average Bonchev–Trinajstić information content (AvgIpc) is 2.98. The quantitative estimate of drug-likeness (QED) is 0.235. The molecule has 1 unspecified atom stereocenters. The first-order valence-electron chi connectivity index (χ1n) is 12.9. The molecule has 0 bridgehead atoms. The Balaban J connectivity index is 1.44. The van der Waals surface area contributed by atoms with E-state index in [4.69, 9.17) is 10.5 Å². The van der Waals surface area contributed by atoms with E-state index in [1.165, 1.54) is 0 Å². The Morgan fingerprint density at radius 2 is 1.28 bits per heavy atom. The van der Waals surface area contributed by atoms with Gasteiger partial charge in [-0.2, -0.15) is 0 Å². The zero-order chi connectivity index (χ0) is 27.3. The second-order valence-corrected chi connectivity index (χ2v) is 14.1. The van der Waals surface area contributed by atoms with Gasteiger partial charge in [0.25, 0.3) is 0 Å². The molecule has 200 valence electrons. The van der Waals surface area contributed by atoms with Crippen LogP contribution in [0.4, 0.5) is 4.20 Å². The molecule has 0 spiro atoms. The molecular formula is C31H34FN5OP+. The number of rotatable bonds is 8. The van der Waals surface area contributed by atoms with Crippen LogP contribution in [-0.4, -0.2) is 43.4 Å². The van der Waals surface area contributed by atoms with Crippen LogP contribution < -0.4 is 37.0 Å². The summed E-state index contributed by atoms with van der Waals surface area (Å²) < 4.78 is 26.6. The van der Waals surface area contributed by atoms with Crippen LogP contribution in [-0.2, 0) is 0 Å². The van der Waals surface area contributed by atoms with Crippen molar-refractivity contribution in [1.29, 1.82) is 0 Å². The molecule has 0 aliphatic carbocycles. The van der Waals surface area contributed by atoms with Crippen molar-refractivity contribution >= 4 is 34.7 Å². The van der Waals surface area contributed by atoms with E-state index >= 15 is 4.20 Å². The third kappa shape index (κ3) is 5.10. The number of benzene rings is 4. The van der Waals surface area contributed by atoms with Crippen LogP contribution in [0, 0.1) is 0 Å². The number of aliphatic imine (C=N–C) groups is 1. The van der Waals surface area contributed by atoms with Gasteiger partial charge >= 0.3 is 229 Å². The molecule has 6 nitrogen and oxygen atoms in total. The van der Waals surface area contributed by atoms with E-state index in [1.807, 2.05) is 134 Å². The van der Waals surface area contributed by atoms with Crippen molar-refractivity contribution in [3.63, 3.8) is 0 Å². The van der Waals surface area contributed by atoms with Gasteiger partial charge in [0.05, 0.1) is 0 Å². The summed E-state index contributed by atoms with van der Waals surface area (Å²) in [7, 11) is 3.84. The van der Waals surface area contributed by atoms with Gasteiger partial charge < -0.3 is 0 Å². The number of hydrogen-bond acceptors (Lipinski definition) is 3. The summed E-state index contributed by atoms with van der Waals surface area (Å²) in [6.07, 6.45) is -0.107. The molecule has 0 fully saturated rings. The zero-order valence-electron chi connectivity index (χ0n) is 22.2. The molecule has 39 heavy (non-hydrogen) atoms. The maximum atomic E-state index is 18.5. The van der Waals surface area contributed by atoms with E-state index in [-0.39, 0.29) is 18.9 Å². The SMILES string of the molecule is C[N+](C)=C1NC(N)=NC(c2ccc(OCCP(F)(c3ccccc3)(c3ccccc3)c3ccccc3)cc2)N1. The van der Waals surface area contributed by atoms with Crippen molar-refractivity contribution in [2.45, 2.75) is 6.17 Å². The fourth-order valence-corrected chi connectivity index (χ4v) is 9.51. The van der Waals surface area contributed by atoms with Gasteiger partial charge in [0.1, 0.15) is 0 Å². The zero-order valence-corrected chi connectivity index (χ0v) is 23.1. The first-order chi connectivity index (χ1) is 18.9. The van der Waals surface area contributed by atoms with E-state index in [9.17, 15) is 0 Å². The molecule has 1 heterocycles. The van der Waals surface area contributed by atoms with E-state index in [0.29, 0.717) is 27.6 Å². The van der Waals surface area contributed by atoms with Crippen molar-refractivity contribution in [3.05, 3.63) is 121 Å². The molecule has 1 aliphatic heterocycles. The number of nitrogens with two attached hydrogens (primary N) is 1. The fourth-order valence-electron chi connectivity index (χ4n) is 5.02. The van der Waals surface area contributed by atoms with E-state index in [2.05, 4.69) is 15.6 Å². The number of ether oxygens (including phenoxy) is 1. The molecule has 0 saturated carbocycles. The standard InChI is InChI=1S/C31H33FN5OP/c1-37(2)31-35-29(34-30(33)36-31)24-18-20-25(21-19-24)38-22-23-39(32,26-12-6-3-7-13-26,27-14-8-4-9-15-27)28-16-10-5-11-17-28/h3-21,29H,22-23H2,1-2H3,(H3,33,34,35,36)/p+1. The Labute approximate surface area is 229 Å². The number of nitrogens with zero attached hydrogens (tertiary/aromatic N) is 2. The Morgan fingerprint density at radius 1 is 0.795 bits per heavy atom. The van der Waals surface area contributed by atoms with E-state index < -0.39 is 6.91 Å². The Hall–Kier alpha value is -4.22. The summed E-state index contributed by atoms with van der Waals surface area (Å²) in [4.78, 5) is 4.46. The van der Waals surface area contributed by atoms with Gasteiger partial charge in [-0.25, -0.2) is 0 Å². The first-order valence-corrected chi connectivity index (χ1v) is 15.2. The third-order valence-electron chi connectivity index (χ3n) is 7.09. The second-order valence-electron chi connectivity index (χ2n) is 9.76. The molecule has 4 N–H and O–H groups in total. The molecule has 0 saturated heterocycles. The molecule has 4 aromatic rings. The normalized spacial score (nSPS) is 16.2. The maximum absolute atomic E-state index is 18.5. The van der Waals surface area contributed by atoms with Gasteiger partial charge in [0.15, 0.2) is 0 Å². The van der Waals surface area contributed by atoms with E-state index in [1.54, 1.807) is 0 Å². The second kappa shape index (κ2) is 10.9. The summed E-state index contributed by atoms with van der Waals surface area (Å²) in [5.41, 5.74) is 6.92. The van der Waals surface area contributed by atoms with Crippen LogP contribution >= 0.6 is 6.91 Å². The summed E-state index contributed by atoms with van der Waals surface area (Å²) in [5, 5.41) is 8.42. The molecule has 0 radical (unpaired) electrons. The molecule has 1 aliphatic rings. The van der Waals surface area contributed by atoms with Gasteiger partial charge in [-0.1, -0.05) is 0 Å². The Kier molecular flexibility index (Phi) is 7.36. The van der Waals surface area contributed by atoms with Crippen molar-refractivity contribution in [1.82, 2.24) is 10.6 Å². The van der Waals surface area contributed by atoms with Crippen LogP contribution in [0.25, 0.3) is 0 Å². The van der Waals surface area contributed by atoms with Crippen molar-refractivity contribution in [2.24, 2.45) is 10.7 Å². The number of hydrogen-bond donors (Lipinski definition) is 3. The fraction of sp³-hybridized carbons (Fsp3) is 0.161. The molecule has 0 aromatic heterocycles. The van der Waals surface area contributed by atoms with Gasteiger partial charge in [0, 0.05) is 0 Å². The number of halogens is 1. The van der Waals surface area contributed by atoms with Gasteiger partial charge in [-0.3, -0.25) is 0 Å². The van der Waals surface area contributed by atoms with Crippen LogP contribution in [0.5, 0.6) is 5.75 Å².